The van der Waals surface area contributed by atoms with Gasteiger partial charge in [-0.05, 0) is 43.7 Å². The van der Waals surface area contributed by atoms with Gasteiger partial charge in [0.15, 0.2) is 11.5 Å². The van der Waals surface area contributed by atoms with Crippen LogP contribution >= 0.6 is 0 Å². The highest BCUT2D eigenvalue weighted by Crippen LogP contribution is 2.39. The maximum Gasteiger partial charge on any atom is 0.184 e. The lowest BCUT2D eigenvalue weighted by Crippen LogP contribution is -2.47. The monoisotopic (exact) mass is 398 g/mol. The summed E-state index contributed by atoms with van der Waals surface area (Å²) in [5.74, 6) is 0.977. The Hall–Kier alpha value is -2.60. The summed E-state index contributed by atoms with van der Waals surface area (Å²) in [6.45, 7) is 7.04. The van der Waals surface area contributed by atoms with E-state index in [0.717, 1.165) is 49.9 Å². The van der Waals surface area contributed by atoms with Crippen molar-refractivity contribution in [1.82, 2.24) is 4.90 Å². The van der Waals surface area contributed by atoms with Crippen LogP contribution in [0.25, 0.3) is 0 Å². The number of hydrogen-bond donors (Lipinski definition) is 0. The summed E-state index contributed by atoms with van der Waals surface area (Å²) in [6.07, 6.45) is 0.633. The topological polar surface area (TPSA) is 42.0 Å². The summed E-state index contributed by atoms with van der Waals surface area (Å²) in [7, 11) is 0. The molecule has 1 fully saturated rings. The molecule has 4 rings (SSSR count). The molecule has 0 spiro atoms. The fourth-order valence-electron chi connectivity index (χ4n) is 4.17. The molecule has 1 unspecified atom stereocenters. The number of fused-ring (bicyclic) bond motifs is 1. The number of hydrogen-bond acceptors (Lipinski definition) is 5. The molecule has 29 heavy (non-hydrogen) atoms. The first-order valence-corrected chi connectivity index (χ1v) is 10.2. The minimum Gasteiger partial charge on any atom is -0.486 e. The molecule has 1 atom stereocenters. The van der Waals surface area contributed by atoms with E-state index in [4.69, 9.17) is 9.47 Å². The maximum absolute atomic E-state index is 14.1. The van der Waals surface area contributed by atoms with E-state index in [9.17, 15) is 9.18 Å². The Morgan fingerprint density at radius 3 is 2.55 bits per heavy atom. The van der Waals surface area contributed by atoms with Crippen molar-refractivity contribution in [2.75, 3.05) is 50.8 Å². The average molecular weight is 398 g/mol. The van der Waals surface area contributed by atoms with E-state index in [1.54, 1.807) is 25.1 Å². The van der Waals surface area contributed by atoms with Gasteiger partial charge in [0.2, 0.25) is 0 Å². The van der Waals surface area contributed by atoms with Crippen molar-refractivity contribution in [3.05, 3.63) is 53.8 Å². The molecule has 0 aliphatic carbocycles. The molecule has 0 aromatic heterocycles. The van der Waals surface area contributed by atoms with E-state index in [2.05, 4.69) is 15.9 Å². The fraction of sp³-hybridized carbons (Fsp3) is 0.435. The van der Waals surface area contributed by atoms with E-state index in [-0.39, 0.29) is 17.5 Å². The van der Waals surface area contributed by atoms with Crippen LogP contribution in [0.1, 0.15) is 24.8 Å². The first-order chi connectivity index (χ1) is 14.1. The molecule has 2 heterocycles. The van der Waals surface area contributed by atoms with Gasteiger partial charge in [0.1, 0.15) is 24.8 Å². The second-order valence-corrected chi connectivity index (χ2v) is 7.60. The second kappa shape index (κ2) is 8.82. The van der Waals surface area contributed by atoms with Gasteiger partial charge in [-0.3, -0.25) is 9.69 Å². The number of carbonyl (C=O) groups is 1. The Morgan fingerprint density at radius 1 is 1.03 bits per heavy atom. The van der Waals surface area contributed by atoms with Gasteiger partial charge >= 0.3 is 0 Å². The lowest BCUT2D eigenvalue weighted by atomic mass is 9.91. The van der Waals surface area contributed by atoms with Crippen molar-refractivity contribution in [1.29, 1.82) is 0 Å². The number of ketones is 1. The van der Waals surface area contributed by atoms with Crippen molar-refractivity contribution in [2.45, 2.75) is 19.3 Å². The van der Waals surface area contributed by atoms with E-state index in [1.165, 1.54) is 6.07 Å². The number of carbonyl (C=O) groups excluding carboxylic acids is 1. The lowest BCUT2D eigenvalue weighted by molar-refractivity contribution is -0.118. The van der Waals surface area contributed by atoms with Crippen LogP contribution in [0.3, 0.4) is 0 Å². The number of piperazine rings is 1. The average Bonchev–Trinajstić information content (AvgIpc) is 2.75. The highest BCUT2D eigenvalue weighted by Gasteiger charge is 2.25. The van der Waals surface area contributed by atoms with Crippen molar-refractivity contribution < 1.29 is 18.7 Å². The second-order valence-electron chi connectivity index (χ2n) is 7.60. The Labute approximate surface area is 171 Å². The van der Waals surface area contributed by atoms with Crippen molar-refractivity contribution in [2.24, 2.45) is 0 Å². The Balaban J connectivity index is 1.36. The summed E-state index contributed by atoms with van der Waals surface area (Å²) < 4.78 is 25.7. The third-order valence-corrected chi connectivity index (χ3v) is 5.76. The van der Waals surface area contributed by atoms with Crippen LogP contribution in [0.5, 0.6) is 11.5 Å². The highest BCUT2D eigenvalue weighted by molar-refractivity contribution is 5.83. The van der Waals surface area contributed by atoms with E-state index in [1.807, 2.05) is 12.1 Å². The zero-order valence-electron chi connectivity index (χ0n) is 16.8. The number of rotatable bonds is 6. The molecule has 5 nitrogen and oxygen atoms in total. The van der Waals surface area contributed by atoms with Crippen molar-refractivity contribution >= 4 is 11.5 Å². The van der Waals surface area contributed by atoms with Gasteiger partial charge in [-0.25, -0.2) is 4.39 Å². The molecule has 6 heteroatoms. The van der Waals surface area contributed by atoms with Gasteiger partial charge in [-0.1, -0.05) is 24.3 Å². The standard InChI is InChI=1S/C23H27FN2O3/c1-17(27)18(19-5-2-3-6-20(19)24)9-10-25-11-13-26(14-12-25)21-7-4-8-22-23(21)29-16-15-28-22/h2-8,18H,9-16H2,1H3. The van der Waals surface area contributed by atoms with Crippen molar-refractivity contribution in [3.63, 3.8) is 0 Å². The number of anilines is 1. The van der Waals surface area contributed by atoms with Gasteiger partial charge in [0.25, 0.3) is 0 Å². The molecular weight excluding hydrogens is 371 g/mol. The molecule has 2 aliphatic rings. The zero-order chi connectivity index (χ0) is 20.2. The Morgan fingerprint density at radius 2 is 1.79 bits per heavy atom. The van der Waals surface area contributed by atoms with E-state index >= 15 is 0 Å². The summed E-state index contributed by atoms with van der Waals surface area (Å²) in [5, 5.41) is 0. The first-order valence-electron chi connectivity index (χ1n) is 10.2. The predicted octanol–water partition coefficient (Wildman–Crippen LogP) is 3.48. The van der Waals surface area contributed by atoms with E-state index < -0.39 is 0 Å². The van der Waals surface area contributed by atoms with Crippen LogP contribution in [-0.4, -0.2) is 56.6 Å². The summed E-state index contributed by atoms with van der Waals surface area (Å²) >= 11 is 0. The van der Waals surface area contributed by atoms with E-state index in [0.29, 0.717) is 25.2 Å². The van der Waals surface area contributed by atoms with Crippen LogP contribution in [0.15, 0.2) is 42.5 Å². The molecular formula is C23H27FN2O3. The summed E-state index contributed by atoms with van der Waals surface area (Å²) in [5.41, 5.74) is 1.58. The van der Waals surface area contributed by atoms with Crippen LogP contribution < -0.4 is 14.4 Å². The molecule has 0 bridgehead atoms. The molecule has 2 aromatic carbocycles. The Kier molecular flexibility index (Phi) is 6.00. The summed E-state index contributed by atoms with van der Waals surface area (Å²) in [4.78, 5) is 16.8. The van der Waals surface area contributed by atoms with Gasteiger partial charge in [0.05, 0.1) is 5.69 Å². The van der Waals surface area contributed by atoms with Gasteiger partial charge in [0, 0.05) is 32.1 Å². The number of benzene rings is 2. The minimum atomic E-state index is -0.388. The number of nitrogens with zero attached hydrogens (tertiary/aromatic N) is 2. The Bertz CT molecular complexity index is 865. The predicted molar refractivity (Wildman–Crippen MR) is 111 cm³/mol. The zero-order valence-corrected chi connectivity index (χ0v) is 16.8. The smallest absolute Gasteiger partial charge is 0.184 e. The number of para-hydroxylation sites is 1. The lowest BCUT2D eigenvalue weighted by Gasteiger charge is -2.37. The third-order valence-electron chi connectivity index (χ3n) is 5.76. The van der Waals surface area contributed by atoms with Crippen LogP contribution in [0, 0.1) is 5.82 Å². The number of ether oxygens (including phenoxy) is 2. The molecule has 0 amide bonds. The molecule has 1 saturated heterocycles. The minimum absolute atomic E-state index is 0.0156. The third kappa shape index (κ3) is 4.37. The maximum atomic E-state index is 14.1. The summed E-state index contributed by atoms with van der Waals surface area (Å²) in [6, 6.07) is 12.6. The quantitative estimate of drug-likeness (QED) is 0.745. The van der Waals surface area contributed by atoms with Crippen LogP contribution in [0.4, 0.5) is 10.1 Å². The first kappa shape index (κ1) is 19.7. The number of halogens is 1. The molecule has 2 aromatic rings. The number of Topliss-reactive ketones (excluding diaryl/α,β-unsaturated/α-hetero) is 1. The molecule has 0 N–H and O–H groups in total. The molecule has 154 valence electrons. The van der Waals surface area contributed by atoms with Crippen LogP contribution in [-0.2, 0) is 4.79 Å². The van der Waals surface area contributed by atoms with Gasteiger partial charge in [-0.2, -0.15) is 0 Å². The largest absolute Gasteiger partial charge is 0.486 e. The highest BCUT2D eigenvalue weighted by atomic mass is 19.1. The fourth-order valence-corrected chi connectivity index (χ4v) is 4.17. The van der Waals surface area contributed by atoms with Gasteiger partial charge < -0.3 is 14.4 Å². The molecule has 2 aliphatic heterocycles. The van der Waals surface area contributed by atoms with Crippen molar-refractivity contribution in [3.8, 4) is 11.5 Å². The SMILES string of the molecule is CC(=O)C(CCN1CCN(c2cccc3c2OCCO3)CC1)c1ccccc1F. The van der Waals surface area contributed by atoms with Gasteiger partial charge in [-0.15, -0.1) is 0 Å². The molecule has 0 radical (unpaired) electrons. The van der Waals surface area contributed by atoms with Crippen LogP contribution in [0.2, 0.25) is 0 Å². The molecule has 0 saturated carbocycles. The normalized spacial score (nSPS) is 17.8.